The third-order valence-corrected chi connectivity index (χ3v) is 6.15. The van der Waals surface area contributed by atoms with Crippen LogP contribution in [0.15, 0.2) is 84.7 Å². The zero-order chi connectivity index (χ0) is 22.4. The van der Waals surface area contributed by atoms with Gasteiger partial charge in [-0.05, 0) is 47.5 Å². The molecule has 6 rings (SSSR count). The summed E-state index contributed by atoms with van der Waals surface area (Å²) < 4.78 is 19.4. The Morgan fingerprint density at radius 2 is 1.70 bits per heavy atom. The molecule has 164 valence electrons. The van der Waals surface area contributed by atoms with Crippen LogP contribution < -0.4 is 19.5 Å². The Morgan fingerprint density at radius 3 is 2.52 bits per heavy atom. The average molecular weight is 438 g/mol. The second-order valence-electron chi connectivity index (χ2n) is 7.93. The topological polar surface area (TPSA) is 70.4 Å². The first-order valence-electron chi connectivity index (χ1n) is 10.7. The minimum absolute atomic E-state index is 0.227. The highest BCUT2D eigenvalue weighted by Gasteiger charge is 2.40. The summed E-state index contributed by atoms with van der Waals surface area (Å²) in [6.45, 7) is 0. The smallest absolute Gasteiger partial charge is 0.226 e. The average Bonchev–Trinajstić information content (AvgIpc) is 3.35. The second kappa shape index (κ2) is 7.70. The lowest BCUT2D eigenvalue weighted by Crippen LogP contribution is -2.32. The van der Waals surface area contributed by atoms with E-state index in [0.717, 1.165) is 45.2 Å². The Hall–Kier alpha value is -4.26. The second-order valence-corrected chi connectivity index (χ2v) is 7.93. The van der Waals surface area contributed by atoms with Gasteiger partial charge in [0.25, 0.3) is 0 Å². The van der Waals surface area contributed by atoms with Crippen molar-refractivity contribution in [1.29, 1.82) is 0 Å². The molecular weight excluding hydrogens is 416 g/mol. The van der Waals surface area contributed by atoms with E-state index in [1.54, 1.807) is 20.5 Å². The molecule has 1 N–H and O–H groups in total. The maximum atomic E-state index is 6.63. The van der Waals surface area contributed by atoms with Gasteiger partial charge in [-0.15, -0.1) is 0 Å². The van der Waals surface area contributed by atoms with Gasteiger partial charge < -0.3 is 19.5 Å². The molecule has 0 bridgehead atoms. The number of aromatic nitrogens is 3. The molecular formula is C26H22N4O3. The monoisotopic (exact) mass is 438 g/mol. The van der Waals surface area contributed by atoms with Crippen molar-refractivity contribution in [2.24, 2.45) is 0 Å². The van der Waals surface area contributed by atoms with E-state index < -0.39 is 0 Å². The number of benzene rings is 3. The molecule has 0 unspecified atom stereocenters. The molecule has 2 atom stereocenters. The van der Waals surface area contributed by atoms with E-state index in [2.05, 4.69) is 27.5 Å². The van der Waals surface area contributed by atoms with Gasteiger partial charge in [0.05, 0.1) is 19.9 Å². The van der Waals surface area contributed by atoms with Crippen molar-refractivity contribution in [2.75, 3.05) is 19.5 Å². The largest absolute Gasteiger partial charge is 0.497 e. The highest BCUT2D eigenvalue weighted by Crippen LogP contribution is 2.50. The summed E-state index contributed by atoms with van der Waals surface area (Å²) >= 11 is 0. The summed E-state index contributed by atoms with van der Waals surface area (Å²) in [5.74, 6) is 3.09. The Kier molecular flexibility index (Phi) is 4.54. The van der Waals surface area contributed by atoms with E-state index in [9.17, 15) is 0 Å². The van der Waals surface area contributed by atoms with E-state index in [1.807, 2.05) is 65.3 Å². The zero-order valence-electron chi connectivity index (χ0n) is 18.2. The van der Waals surface area contributed by atoms with Gasteiger partial charge in [0.2, 0.25) is 5.95 Å². The van der Waals surface area contributed by atoms with Crippen molar-refractivity contribution < 1.29 is 14.2 Å². The molecule has 0 saturated carbocycles. The lowest BCUT2D eigenvalue weighted by Gasteiger charge is -2.39. The fourth-order valence-electron chi connectivity index (χ4n) is 4.60. The molecule has 0 amide bonds. The van der Waals surface area contributed by atoms with Crippen LogP contribution in [0.25, 0.3) is 5.70 Å². The lowest BCUT2D eigenvalue weighted by atomic mass is 9.84. The quantitative estimate of drug-likeness (QED) is 0.491. The molecule has 2 aliphatic rings. The molecule has 3 heterocycles. The Morgan fingerprint density at radius 1 is 0.879 bits per heavy atom. The molecule has 3 aromatic carbocycles. The van der Waals surface area contributed by atoms with Gasteiger partial charge in [-0.3, -0.25) is 0 Å². The molecule has 1 aromatic heterocycles. The zero-order valence-corrected chi connectivity index (χ0v) is 18.2. The number of rotatable bonds is 4. The van der Waals surface area contributed by atoms with Crippen molar-refractivity contribution in [3.63, 3.8) is 0 Å². The van der Waals surface area contributed by atoms with Gasteiger partial charge in [0.15, 0.2) is 0 Å². The van der Waals surface area contributed by atoms with Crippen molar-refractivity contribution in [2.45, 2.75) is 12.1 Å². The van der Waals surface area contributed by atoms with Gasteiger partial charge in [-0.25, -0.2) is 4.68 Å². The molecule has 7 heteroatoms. The molecule has 0 saturated heterocycles. The molecule has 7 nitrogen and oxygen atoms in total. The summed E-state index contributed by atoms with van der Waals surface area (Å²) in [5, 5.41) is 8.08. The van der Waals surface area contributed by atoms with E-state index in [1.165, 1.54) is 0 Å². The van der Waals surface area contributed by atoms with E-state index in [0.29, 0.717) is 5.95 Å². The molecule has 0 spiro atoms. The first-order chi connectivity index (χ1) is 16.3. The number of nitrogens with zero attached hydrogens (tertiary/aromatic N) is 3. The molecule has 0 radical (unpaired) electrons. The number of fused-ring (bicyclic) bond motifs is 3. The van der Waals surface area contributed by atoms with Crippen LogP contribution in [0.3, 0.4) is 0 Å². The van der Waals surface area contributed by atoms with Gasteiger partial charge in [-0.1, -0.05) is 36.4 Å². The van der Waals surface area contributed by atoms with Crippen molar-refractivity contribution in [3.8, 4) is 17.2 Å². The number of methoxy groups -OCH3 is 2. The summed E-state index contributed by atoms with van der Waals surface area (Å²) in [5.41, 5.74) is 5.11. The Labute approximate surface area is 191 Å². The number of anilines is 1. The summed E-state index contributed by atoms with van der Waals surface area (Å²) in [4.78, 5) is 4.48. The van der Waals surface area contributed by atoms with E-state index in [-0.39, 0.29) is 12.1 Å². The number of ether oxygens (including phenoxy) is 3. The number of hydrogen-bond acceptors (Lipinski definition) is 6. The summed E-state index contributed by atoms with van der Waals surface area (Å²) in [6.07, 6.45) is 1.24. The maximum absolute atomic E-state index is 6.63. The molecule has 0 fully saturated rings. The minimum Gasteiger partial charge on any atom is -0.497 e. The van der Waals surface area contributed by atoms with Gasteiger partial charge in [0.1, 0.15) is 35.7 Å². The molecule has 4 aromatic rings. The standard InChI is InChI=1S/C26H22N4O3/c1-31-18-12-10-16(11-13-18)25-22-23(20-8-3-4-9-21(20)33-25)29-26-27-15-28-30(26)24(22)17-6-5-7-19(14-17)32-2/h3-15,24-25H,1-2H3,(H,27,28,29)/t24-,25+/m1/s1. The van der Waals surface area contributed by atoms with Gasteiger partial charge in [-0.2, -0.15) is 10.1 Å². The fourth-order valence-corrected chi connectivity index (χ4v) is 4.60. The predicted molar refractivity (Wildman–Crippen MR) is 125 cm³/mol. The fraction of sp³-hybridized carbons (Fsp3) is 0.154. The minimum atomic E-state index is -0.332. The summed E-state index contributed by atoms with van der Waals surface area (Å²) in [7, 11) is 3.34. The van der Waals surface area contributed by atoms with Crippen LogP contribution >= 0.6 is 0 Å². The SMILES string of the molecule is COc1ccc([C@@H]2Oc3ccccc3C3=C2[C@@H](c2cccc(OC)c2)n2ncnc2N3)cc1. The van der Waals surface area contributed by atoms with Crippen LogP contribution in [0.4, 0.5) is 5.95 Å². The summed E-state index contributed by atoms with van der Waals surface area (Å²) in [6, 6.07) is 23.9. The lowest BCUT2D eigenvalue weighted by molar-refractivity contribution is 0.223. The first kappa shape index (κ1) is 19.4. The van der Waals surface area contributed by atoms with Crippen LogP contribution in [0.2, 0.25) is 0 Å². The van der Waals surface area contributed by atoms with Crippen LogP contribution in [0, 0.1) is 0 Å². The predicted octanol–water partition coefficient (Wildman–Crippen LogP) is 4.86. The van der Waals surface area contributed by atoms with Crippen LogP contribution in [-0.4, -0.2) is 29.0 Å². The van der Waals surface area contributed by atoms with Crippen molar-refractivity contribution >= 4 is 11.6 Å². The molecule has 33 heavy (non-hydrogen) atoms. The number of para-hydroxylation sites is 1. The number of hydrogen-bond donors (Lipinski definition) is 1. The van der Waals surface area contributed by atoms with E-state index in [4.69, 9.17) is 14.2 Å². The van der Waals surface area contributed by atoms with Crippen molar-refractivity contribution in [1.82, 2.24) is 14.8 Å². The molecule has 0 aliphatic carbocycles. The van der Waals surface area contributed by atoms with Gasteiger partial charge in [0, 0.05) is 11.1 Å². The van der Waals surface area contributed by atoms with Crippen molar-refractivity contribution in [3.05, 3.63) is 101 Å². The van der Waals surface area contributed by atoms with Crippen LogP contribution in [0.5, 0.6) is 17.2 Å². The Balaban J connectivity index is 1.60. The highest BCUT2D eigenvalue weighted by atomic mass is 16.5. The highest BCUT2D eigenvalue weighted by molar-refractivity contribution is 5.85. The van der Waals surface area contributed by atoms with E-state index >= 15 is 0 Å². The first-order valence-corrected chi connectivity index (χ1v) is 10.7. The Bertz CT molecular complexity index is 1360. The molecule has 2 aliphatic heterocycles. The van der Waals surface area contributed by atoms with Gasteiger partial charge >= 0.3 is 0 Å². The number of nitrogens with one attached hydrogen (secondary N) is 1. The van der Waals surface area contributed by atoms with Crippen LogP contribution in [-0.2, 0) is 0 Å². The maximum Gasteiger partial charge on any atom is 0.226 e. The third-order valence-electron chi connectivity index (χ3n) is 6.15. The third kappa shape index (κ3) is 3.12. The normalized spacial score (nSPS) is 18.4. The van der Waals surface area contributed by atoms with Crippen LogP contribution in [0.1, 0.15) is 28.8 Å².